The quantitative estimate of drug-likeness (QED) is 0.764. The maximum Gasteiger partial charge on any atom is 0.182 e. The van der Waals surface area contributed by atoms with Gasteiger partial charge in [0.15, 0.2) is 16.9 Å². The van der Waals surface area contributed by atoms with Crippen LogP contribution in [0.5, 0.6) is 11.5 Å². The smallest absolute Gasteiger partial charge is 0.182 e. The minimum Gasteiger partial charge on any atom is -0.493 e. The van der Waals surface area contributed by atoms with Crippen molar-refractivity contribution >= 4 is 0 Å². The average Bonchev–Trinajstić information content (AvgIpc) is 3.42. The molecular formula is C21H24N2O3. The lowest BCUT2D eigenvalue weighted by Gasteiger charge is -2.20. The summed E-state index contributed by atoms with van der Waals surface area (Å²) in [5.41, 5.74) is 2.55. The highest BCUT2D eigenvalue weighted by Crippen LogP contribution is 2.34. The summed E-state index contributed by atoms with van der Waals surface area (Å²) in [6, 6.07) is 10.9. The van der Waals surface area contributed by atoms with Crippen LogP contribution < -0.4 is 14.9 Å². The second kappa shape index (κ2) is 7.65. The van der Waals surface area contributed by atoms with Crippen LogP contribution in [0.3, 0.4) is 0 Å². The van der Waals surface area contributed by atoms with E-state index in [9.17, 15) is 10.1 Å². The van der Waals surface area contributed by atoms with E-state index in [1.807, 2.05) is 36.6 Å². The predicted molar refractivity (Wildman–Crippen MR) is 99.7 cm³/mol. The van der Waals surface area contributed by atoms with Crippen LogP contribution in [0.15, 0.2) is 35.1 Å². The molecule has 0 amide bonds. The Balaban J connectivity index is 1.85. The van der Waals surface area contributed by atoms with E-state index in [1.54, 1.807) is 19.2 Å². The molecule has 5 heteroatoms. The normalized spacial score (nSPS) is 14.5. The monoisotopic (exact) mass is 352 g/mol. The molecule has 0 radical (unpaired) electrons. The summed E-state index contributed by atoms with van der Waals surface area (Å²) in [5.74, 6) is 2.09. The Morgan fingerprint density at radius 2 is 1.88 bits per heavy atom. The number of rotatable bonds is 7. The van der Waals surface area contributed by atoms with Gasteiger partial charge in [-0.1, -0.05) is 6.07 Å². The third kappa shape index (κ3) is 4.08. The molecule has 136 valence electrons. The average molecular weight is 352 g/mol. The van der Waals surface area contributed by atoms with E-state index in [1.165, 1.54) is 12.8 Å². The van der Waals surface area contributed by atoms with Gasteiger partial charge < -0.3 is 14.0 Å². The zero-order valence-corrected chi connectivity index (χ0v) is 15.5. The molecule has 1 aliphatic carbocycles. The molecule has 1 aliphatic rings. The Bertz CT molecular complexity index is 865. The molecule has 1 atom stereocenters. The first-order valence-electron chi connectivity index (χ1n) is 8.91. The maximum atomic E-state index is 11.7. The van der Waals surface area contributed by atoms with Crippen molar-refractivity contribution in [2.24, 2.45) is 5.92 Å². The van der Waals surface area contributed by atoms with Crippen molar-refractivity contribution in [3.8, 4) is 17.6 Å². The van der Waals surface area contributed by atoms with Crippen molar-refractivity contribution in [3.05, 3.63) is 57.5 Å². The molecule has 1 saturated carbocycles. The standard InChI is InChI=1S/C21H24N2O3/c1-14-8-19(24)9-15(2)23(14)18(12-22)10-17-6-7-20(25-3)21(11-17)26-13-16-4-5-16/h6-9,11,16,18H,4-5,10,13H2,1-3H3. The fraction of sp³-hybridized carbons (Fsp3) is 0.429. The number of methoxy groups -OCH3 is 1. The fourth-order valence-corrected chi connectivity index (χ4v) is 3.23. The van der Waals surface area contributed by atoms with Crippen molar-refractivity contribution in [1.29, 1.82) is 5.26 Å². The van der Waals surface area contributed by atoms with Gasteiger partial charge >= 0.3 is 0 Å². The van der Waals surface area contributed by atoms with Crippen molar-refractivity contribution in [1.82, 2.24) is 4.57 Å². The van der Waals surface area contributed by atoms with Gasteiger partial charge in [0.2, 0.25) is 0 Å². The first-order chi connectivity index (χ1) is 12.5. The zero-order chi connectivity index (χ0) is 18.7. The molecule has 0 N–H and O–H groups in total. The number of nitrogens with zero attached hydrogens (tertiary/aromatic N) is 2. The predicted octanol–water partition coefficient (Wildman–Crippen LogP) is 3.57. The number of benzene rings is 1. The summed E-state index contributed by atoms with van der Waals surface area (Å²) in [5, 5.41) is 9.71. The van der Waals surface area contributed by atoms with Crippen LogP contribution in [0.4, 0.5) is 0 Å². The first kappa shape index (κ1) is 18.1. The number of aryl methyl sites for hydroxylation is 2. The second-order valence-electron chi connectivity index (χ2n) is 6.93. The summed E-state index contributed by atoms with van der Waals surface area (Å²) in [7, 11) is 1.63. The molecule has 26 heavy (non-hydrogen) atoms. The number of pyridine rings is 1. The highest BCUT2D eigenvalue weighted by molar-refractivity contribution is 5.43. The van der Waals surface area contributed by atoms with Crippen LogP contribution >= 0.6 is 0 Å². The van der Waals surface area contributed by atoms with Gasteiger partial charge in [-0.3, -0.25) is 4.79 Å². The molecule has 0 bridgehead atoms. The molecule has 0 spiro atoms. The van der Waals surface area contributed by atoms with Gasteiger partial charge in [-0.2, -0.15) is 5.26 Å². The molecule has 2 aromatic rings. The van der Waals surface area contributed by atoms with Gasteiger partial charge in [0.05, 0.1) is 19.8 Å². The molecular weight excluding hydrogens is 328 g/mol. The Kier molecular flexibility index (Phi) is 5.32. The van der Waals surface area contributed by atoms with E-state index in [0.29, 0.717) is 24.7 Å². The van der Waals surface area contributed by atoms with Crippen LogP contribution in [0, 0.1) is 31.1 Å². The van der Waals surface area contributed by atoms with Crippen LogP contribution in [0.25, 0.3) is 0 Å². The van der Waals surface area contributed by atoms with E-state index in [-0.39, 0.29) is 11.5 Å². The second-order valence-corrected chi connectivity index (χ2v) is 6.93. The van der Waals surface area contributed by atoms with Crippen molar-refractivity contribution in [2.45, 2.75) is 39.2 Å². The summed E-state index contributed by atoms with van der Waals surface area (Å²) >= 11 is 0. The number of hydrogen-bond donors (Lipinski definition) is 0. The largest absolute Gasteiger partial charge is 0.493 e. The fourth-order valence-electron chi connectivity index (χ4n) is 3.23. The number of nitriles is 1. The molecule has 0 aliphatic heterocycles. The van der Waals surface area contributed by atoms with Gasteiger partial charge in [0.1, 0.15) is 6.04 Å². The van der Waals surface area contributed by atoms with Gasteiger partial charge in [-0.15, -0.1) is 0 Å². The molecule has 0 saturated heterocycles. The first-order valence-corrected chi connectivity index (χ1v) is 8.91. The topological polar surface area (TPSA) is 64.2 Å². The van der Waals surface area contributed by atoms with E-state index in [0.717, 1.165) is 22.7 Å². The number of hydrogen-bond acceptors (Lipinski definition) is 4. The Hall–Kier alpha value is -2.74. The summed E-state index contributed by atoms with van der Waals surface area (Å²) in [6.07, 6.45) is 2.98. The summed E-state index contributed by atoms with van der Waals surface area (Å²) < 4.78 is 13.2. The molecule has 1 aromatic heterocycles. The van der Waals surface area contributed by atoms with Crippen molar-refractivity contribution < 1.29 is 9.47 Å². The van der Waals surface area contributed by atoms with Gasteiger partial charge in [-0.05, 0) is 50.3 Å². The van der Waals surface area contributed by atoms with Gasteiger partial charge in [-0.25, -0.2) is 0 Å². The number of ether oxygens (including phenoxy) is 2. The molecule has 1 heterocycles. The lowest BCUT2D eigenvalue weighted by molar-refractivity contribution is 0.280. The Morgan fingerprint density at radius 3 is 2.46 bits per heavy atom. The molecule has 1 fully saturated rings. The highest BCUT2D eigenvalue weighted by Gasteiger charge is 2.23. The van der Waals surface area contributed by atoms with Crippen molar-refractivity contribution in [3.63, 3.8) is 0 Å². The molecule has 1 unspecified atom stereocenters. The van der Waals surface area contributed by atoms with Crippen LogP contribution in [0.1, 0.15) is 35.8 Å². The summed E-state index contributed by atoms with van der Waals surface area (Å²) in [4.78, 5) is 11.7. The molecule has 3 rings (SSSR count). The Labute approximate surface area is 153 Å². The molecule has 5 nitrogen and oxygen atoms in total. The van der Waals surface area contributed by atoms with Crippen LogP contribution in [-0.2, 0) is 6.42 Å². The number of aromatic nitrogens is 1. The third-order valence-electron chi connectivity index (χ3n) is 4.75. The minimum atomic E-state index is -0.389. The maximum absolute atomic E-state index is 11.7. The summed E-state index contributed by atoms with van der Waals surface area (Å²) in [6.45, 7) is 4.42. The lowest BCUT2D eigenvalue weighted by Crippen LogP contribution is -2.19. The lowest BCUT2D eigenvalue weighted by atomic mass is 10.0. The van der Waals surface area contributed by atoms with E-state index in [4.69, 9.17) is 9.47 Å². The SMILES string of the molecule is COc1ccc(CC(C#N)n2c(C)cc(=O)cc2C)cc1OCC1CC1. The third-order valence-corrected chi connectivity index (χ3v) is 4.75. The highest BCUT2D eigenvalue weighted by atomic mass is 16.5. The van der Waals surface area contributed by atoms with Crippen LogP contribution in [-0.4, -0.2) is 18.3 Å². The van der Waals surface area contributed by atoms with Crippen LogP contribution in [0.2, 0.25) is 0 Å². The van der Waals surface area contributed by atoms with E-state index >= 15 is 0 Å². The van der Waals surface area contributed by atoms with E-state index < -0.39 is 0 Å². The molecule has 1 aromatic carbocycles. The van der Waals surface area contributed by atoms with Gasteiger partial charge in [0, 0.05) is 29.9 Å². The van der Waals surface area contributed by atoms with Crippen molar-refractivity contribution in [2.75, 3.05) is 13.7 Å². The minimum absolute atomic E-state index is 0.0341. The van der Waals surface area contributed by atoms with E-state index in [2.05, 4.69) is 6.07 Å². The van der Waals surface area contributed by atoms with Gasteiger partial charge in [0.25, 0.3) is 0 Å². The zero-order valence-electron chi connectivity index (χ0n) is 15.5. The Morgan fingerprint density at radius 1 is 1.19 bits per heavy atom.